The highest BCUT2D eigenvalue weighted by molar-refractivity contribution is 7.99. The highest BCUT2D eigenvalue weighted by Gasteiger charge is 2.03. The van der Waals surface area contributed by atoms with Crippen molar-refractivity contribution in [2.45, 2.75) is 5.75 Å². The van der Waals surface area contributed by atoms with Crippen LogP contribution in [0.4, 0.5) is 5.69 Å². The summed E-state index contributed by atoms with van der Waals surface area (Å²) in [6, 6.07) is 14.6. The molecule has 0 bridgehead atoms. The molecule has 20 heavy (non-hydrogen) atoms. The number of benzene rings is 1. The molecule has 1 N–H and O–H groups in total. The van der Waals surface area contributed by atoms with Crippen molar-refractivity contribution >= 4 is 23.4 Å². The highest BCUT2D eigenvalue weighted by atomic mass is 32.2. The van der Waals surface area contributed by atoms with E-state index in [2.05, 4.69) is 10.3 Å². The number of nitrogens with zero attached hydrogens (tertiary/aromatic N) is 2. The summed E-state index contributed by atoms with van der Waals surface area (Å²) in [4.78, 5) is 15.9. The lowest BCUT2D eigenvalue weighted by molar-refractivity contribution is -0.113. The Bertz CT molecular complexity index is 605. The van der Waals surface area contributed by atoms with Gasteiger partial charge in [-0.1, -0.05) is 6.07 Å². The number of amides is 1. The first-order chi connectivity index (χ1) is 9.78. The SMILES string of the molecule is N#Cc1ccc(NC(=O)CSCc2ccccn2)cc1. The maximum absolute atomic E-state index is 11.7. The molecule has 0 unspecified atom stereocenters. The number of pyridine rings is 1. The van der Waals surface area contributed by atoms with E-state index in [4.69, 9.17) is 5.26 Å². The summed E-state index contributed by atoms with van der Waals surface area (Å²) >= 11 is 1.51. The second-order valence-electron chi connectivity index (χ2n) is 4.05. The zero-order chi connectivity index (χ0) is 14.2. The molecule has 100 valence electrons. The molecule has 0 aliphatic carbocycles. The number of hydrogen-bond donors (Lipinski definition) is 1. The van der Waals surface area contributed by atoms with E-state index in [0.717, 1.165) is 5.69 Å². The van der Waals surface area contributed by atoms with Crippen LogP contribution in [0.3, 0.4) is 0 Å². The Kier molecular flexibility index (Phi) is 5.15. The number of hydrogen-bond acceptors (Lipinski definition) is 4. The molecule has 1 aromatic heterocycles. The minimum absolute atomic E-state index is 0.0596. The van der Waals surface area contributed by atoms with Crippen LogP contribution < -0.4 is 5.32 Å². The average Bonchev–Trinajstić information content (AvgIpc) is 2.49. The van der Waals surface area contributed by atoms with Crippen molar-refractivity contribution in [1.29, 1.82) is 5.26 Å². The van der Waals surface area contributed by atoms with Gasteiger partial charge in [0.2, 0.25) is 5.91 Å². The Labute approximate surface area is 121 Å². The Hall–Kier alpha value is -2.32. The first kappa shape index (κ1) is 14.1. The third-order valence-electron chi connectivity index (χ3n) is 2.51. The number of carbonyl (C=O) groups excluding carboxylic acids is 1. The van der Waals surface area contributed by atoms with Crippen LogP contribution in [0.15, 0.2) is 48.7 Å². The van der Waals surface area contributed by atoms with Crippen LogP contribution in [0.1, 0.15) is 11.3 Å². The van der Waals surface area contributed by atoms with E-state index in [1.807, 2.05) is 24.3 Å². The highest BCUT2D eigenvalue weighted by Crippen LogP contribution is 2.12. The molecule has 0 aliphatic rings. The predicted octanol–water partition coefficient (Wildman–Crippen LogP) is 2.83. The molecule has 0 fully saturated rings. The van der Waals surface area contributed by atoms with Gasteiger partial charge in [-0.05, 0) is 36.4 Å². The van der Waals surface area contributed by atoms with Gasteiger partial charge in [-0.2, -0.15) is 5.26 Å². The molecular formula is C15H13N3OS. The molecule has 0 radical (unpaired) electrons. The monoisotopic (exact) mass is 283 g/mol. The van der Waals surface area contributed by atoms with Crippen LogP contribution in [0.25, 0.3) is 0 Å². The number of nitriles is 1. The fourth-order valence-electron chi connectivity index (χ4n) is 1.56. The van der Waals surface area contributed by atoms with E-state index in [-0.39, 0.29) is 5.91 Å². The van der Waals surface area contributed by atoms with Gasteiger partial charge in [0, 0.05) is 17.6 Å². The van der Waals surface area contributed by atoms with Crippen LogP contribution in [-0.4, -0.2) is 16.6 Å². The number of nitrogens with one attached hydrogen (secondary N) is 1. The molecule has 0 atom stereocenters. The van der Waals surface area contributed by atoms with Crippen LogP contribution in [0.2, 0.25) is 0 Å². The second kappa shape index (κ2) is 7.31. The number of anilines is 1. The lowest BCUT2D eigenvalue weighted by Crippen LogP contribution is -2.14. The lowest BCUT2D eigenvalue weighted by atomic mass is 10.2. The van der Waals surface area contributed by atoms with Gasteiger partial charge < -0.3 is 5.32 Å². The first-order valence-electron chi connectivity index (χ1n) is 6.05. The molecule has 1 heterocycles. The van der Waals surface area contributed by atoms with Crippen molar-refractivity contribution in [1.82, 2.24) is 4.98 Å². The molecule has 0 spiro atoms. The molecule has 1 aromatic carbocycles. The standard InChI is InChI=1S/C15H13N3OS/c16-9-12-4-6-13(7-5-12)18-15(19)11-20-10-14-3-1-2-8-17-14/h1-8H,10-11H2,(H,18,19). The van der Waals surface area contributed by atoms with Crippen LogP contribution >= 0.6 is 11.8 Å². The molecule has 2 rings (SSSR count). The number of aromatic nitrogens is 1. The van der Waals surface area contributed by atoms with E-state index >= 15 is 0 Å². The van der Waals surface area contributed by atoms with Crippen molar-refractivity contribution < 1.29 is 4.79 Å². The van der Waals surface area contributed by atoms with E-state index < -0.39 is 0 Å². The van der Waals surface area contributed by atoms with Crippen molar-refractivity contribution in [2.24, 2.45) is 0 Å². The van der Waals surface area contributed by atoms with Crippen LogP contribution in [0, 0.1) is 11.3 Å². The van der Waals surface area contributed by atoms with Gasteiger partial charge in [0.25, 0.3) is 0 Å². The van der Waals surface area contributed by atoms with Gasteiger partial charge in [0.1, 0.15) is 0 Å². The van der Waals surface area contributed by atoms with Crippen molar-refractivity contribution in [2.75, 3.05) is 11.1 Å². The Balaban J connectivity index is 1.76. The van der Waals surface area contributed by atoms with E-state index in [9.17, 15) is 4.79 Å². The van der Waals surface area contributed by atoms with Gasteiger partial charge in [-0.3, -0.25) is 9.78 Å². The van der Waals surface area contributed by atoms with Crippen molar-refractivity contribution in [3.63, 3.8) is 0 Å². The fraction of sp³-hybridized carbons (Fsp3) is 0.133. The maximum atomic E-state index is 11.7. The van der Waals surface area contributed by atoms with Gasteiger partial charge in [-0.25, -0.2) is 0 Å². The largest absolute Gasteiger partial charge is 0.325 e. The molecule has 5 heteroatoms. The molecule has 0 saturated heterocycles. The normalized spacial score (nSPS) is 9.75. The van der Waals surface area contributed by atoms with Gasteiger partial charge in [-0.15, -0.1) is 11.8 Å². The van der Waals surface area contributed by atoms with E-state index in [1.54, 1.807) is 30.5 Å². The van der Waals surface area contributed by atoms with Gasteiger partial charge in [0.05, 0.1) is 23.1 Å². The Morgan fingerprint density at radius 3 is 2.70 bits per heavy atom. The van der Waals surface area contributed by atoms with Gasteiger partial charge in [0.15, 0.2) is 0 Å². The molecular weight excluding hydrogens is 270 g/mol. The molecule has 0 aliphatic heterocycles. The summed E-state index contributed by atoms with van der Waals surface area (Å²) in [5, 5.41) is 11.5. The van der Waals surface area contributed by atoms with E-state index in [0.29, 0.717) is 22.8 Å². The number of carbonyl (C=O) groups is 1. The number of rotatable bonds is 5. The smallest absolute Gasteiger partial charge is 0.234 e. The van der Waals surface area contributed by atoms with Crippen molar-refractivity contribution in [3.05, 3.63) is 59.9 Å². The van der Waals surface area contributed by atoms with Crippen molar-refractivity contribution in [3.8, 4) is 6.07 Å². The molecule has 4 nitrogen and oxygen atoms in total. The topological polar surface area (TPSA) is 65.8 Å². The molecule has 0 saturated carbocycles. The third kappa shape index (κ3) is 4.41. The third-order valence-corrected chi connectivity index (χ3v) is 3.47. The average molecular weight is 283 g/mol. The summed E-state index contributed by atoms with van der Waals surface area (Å²) in [6.07, 6.45) is 1.74. The van der Waals surface area contributed by atoms with Gasteiger partial charge >= 0.3 is 0 Å². The molecule has 2 aromatic rings. The first-order valence-corrected chi connectivity index (χ1v) is 7.21. The fourth-order valence-corrected chi connectivity index (χ4v) is 2.30. The van der Waals surface area contributed by atoms with E-state index in [1.165, 1.54) is 11.8 Å². The predicted molar refractivity (Wildman–Crippen MR) is 80.2 cm³/mol. The minimum Gasteiger partial charge on any atom is -0.325 e. The quantitative estimate of drug-likeness (QED) is 0.916. The number of thioether (sulfide) groups is 1. The van der Waals surface area contributed by atoms with Crippen LogP contribution in [0.5, 0.6) is 0 Å². The zero-order valence-corrected chi connectivity index (χ0v) is 11.6. The summed E-state index contributed by atoms with van der Waals surface area (Å²) in [5.74, 6) is 1.02. The summed E-state index contributed by atoms with van der Waals surface area (Å²) in [5.41, 5.74) is 2.24. The molecule has 1 amide bonds. The Morgan fingerprint density at radius 1 is 1.25 bits per heavy atom. The maximum Gasteiger partial charge on any atom is 0.234 e. The summed E-state index contributed by atoms with van der Waals surface area (Å²) in [6.45, 7) is 0. The second-order valence-corrected chi connectivity index (χ2v) is 5.04. The lowest BCUT2D eigenvalue weighted by Gasteiger charge is -2.05. The Morgan fingerprint density at radius 2 is 2.05 bits per heavy atom. The zero-order valence-electron chi connectivity index (χ0n) is 10.7. The van der Waals surface area contributed by atoms with Crippen LogP contribution in [-0.2, 0) is 10.5 Å². The summed E-state index contributed by atoms with van der Waals surface area (Å²) < 4.78 is 0. The summed E-state index contributed by atoms with van der Waals surface area (Å²) in [7, 11) is 0. The minimum atomic E-state index is -0.0596.